The van der Waals surface area contributed by atoms with Crippen molar-refractivity contribution in [1.82, 2.24) is 4.90 Å². The number of carbonyl (C=O) groups excluding carboxylic acids is 1. The molecule has 1 heterocycles. The van der Waals surface area contributed by atoms with Gasteiger partial charge in [0.2, 0.25) is 0 Å². The standard InChI is InChI=1S/C15H21NO2S/c1-10-5-6-12(15(18-4)11(10)2)14(17)13-9-19-8-7-16(13)3/h5-6,13H,7-9H2,1-4H3. The van der Waals surface area contributed by atoms with Gasteiger partial charge in [-0.2, -0.15) is 11.8 Å². The van der Waals surface area contributed by atoms with E-state index < -0.39 is 0 Å². The molecule has 0 aliphatic carbocycles. The monoisotopic (exact) mass is 279 g/mol. The van der Waals surface area contributed by atoms with Crippen LogP contribution in [0, 0.1) is 13.8 Å². The van der Waals surface area contributed by atoms with Crippen molar-refractivity contribution in [2.24, 2.45) is 0 Å². The molecular formula is C15H21NO2S. The molecule has 1 aromatic carbocycles. The first-order valence-electron chi connectivity index (χ1n) is 6.52. The normalized spacial score (nSPS) is 20.3. The summed E-state index contributed by atoms with van der Waals surface area (Å²) in [7, 11) is 3.66. The van der Waals surface area contributed by atoms with E-state index >= 15 is 0 Å². The van der Waals surface area contributed by atoms with Gasteiger partial charge < -0.3 is 4.74 Å². The number of likely N-dealkylation sites (N-methyl/N-ethyl adjacent to an activating group) is 1. The summed E-state index contributed by atoms with van der Waals surface area (Å²) in [6, 6.07) is 3.87. The van der Waals surface area contributed by atoms with Crippen molar-refractivity contribution in [2.75, 3.05) is 32.2 Å². The molecule has 1 fully saturated rings. The van der Waals surface area contributed by atoms with E-state index in [0.29, 0.717) is 5.56 Å². The van der Waals surface area contributed by atoms with Crippen LogP contribution in [0.5, 0.6) is 5.75 Å². The Morgan fingerprint density at radius 3 is 2.79 bits per heavy atom. The number of benzene rings is 1. The maximum Gasteiger partial charge on any atom is 0.184 e. The van der Waals surface area contributed by atoms with Crippen LogP contribution in [0.2, 0.25) is 0 Å². The first-order chi connectivity index (χ1) is 9.06. The maximum absolute atomic E-state index is 12.7. The lowest BCUT2D eigenvalue weighted by molar-refractivity contribution is 0.0871. The molecule has 0 radical (unpaired) electrons. The topological polar surface area (TPSA) is 29.5 Å². The fourth-order valence-corrected chi connectivity index (χ4v) is 3.60. The summed E-state index contributed by atoms with van der Waals surface area (Å²) < 4.78 is 5.46. The molecule has 1 aromatic rings. The van der Waals surface area contributed by atoms with Gasteiger partial charge in [-0.15, -0.1) is 0 Å². The van der Waals surface area contributed by atoms with Gasteiger partial charge in [-0.25, -0.2) is 0 Å². The minimum Gasteiger partial charge on any atom is -0.496 e. The Hall–Kier alpha value is -1.00. The molecule has 104 valence electrons. The van der Waals surface area contributed by atoms with Crippen molar-refractivity contribution in [3.63, 3.8) is 0 Å². The van der Waals surface area contributed by atoms with Crippen LogP contribution in [0.1, 0.15) is 21.5 Å². The third-order valence-corrected chi connectivity index (χ3v) is 4.87. The Labute approximate surface area is 119 Å². The quantitative estimate of drug-likeness (QED) is 0.795. The van der Waals surface area contributed by atoms with Gasteiger partial charge in [-0.05, 0) is 38.1 Å². The lowest BCUT2D eigenvalue weighted by Crippen LogP contribution is -2.44. The highest BCUT2D eigenvalue weighted by Gasteiger charge is 2.29. The zero-order chi connectivity index (χ0) is 14.0. The molecule has 0 aromatic heterocycles. The Morgan fingerprint density at radius 2 is 2.16 bits per heavy atom. The van der Waals surface area contributed by atoms with E-state index in [1.165, 1.54) is 0 Å². The van der Waals surface area contributed by atoms with Crippen molar-refractivity contribution >= 4 is 17.5 Å². The van der Waals surface area contributed by atoms with Crippen LogP contribution in [0.25, 0.3) is 0 Å². The number of ether oxygens (including phenoxy) is 1. The van der Waals surface area contributed by atoms with Gasteiger partial charge in [-0.3, -0.25) is 9.69 Å². The van der Waals surface area contributed by atoms with E-state index in [2.05, 4.69) is 4.90 Å². The minimum atomic E-state index is -0.0326. The van der Waals surface area contributed by atoms with E-state index in [1.807, 2.05) is 44.8 Å². The predicted molar refractivity (Wildman–Crippen MR) is 80.5 cm³/mol. The van der Waals surface area contributed by atoms with Crippen molar-refractivity contribution in [1.29, 1.82) is 0 Å². The summed E-state index contributed by atoms with van der Waals surface area (Å²) in [5, 5.41) is 0. The SMILES string of the molecule is COc1c(C(=O)C2CSCCN2C)ccc(C)c1C. The second-order valence-corrected chi connectivity index (χ2v) is 6.17. The second kappa shape index (κ2) is 5.97. The number of methoxy groups -OCH3 is 1. The summed E-state index contributed by atoms with van der Waals surface area (Å²) >= 11 is 1.85. The number of hydrogen-bond acceptors (Lipinski definition) is 4. The van der Waals surface area contributed by atoms with Gasteiger partial charge in [0.05, 0.1) is 18.7 Å². The van der Waals surface area contributed by atoms with Crippen LogP contribution < -0.4 is 4.74 Å². The molecule has 1 saturated heterocycles. The molecule has 1 unspecified atom stereocenters. The van der Waals surface area contributed by atoms with E-state index in [9.17, 15) is 4.79 Å². The number of Topliss-reactive ketones (excluding diaryl/α,β-unsaturated/α-hetero) is 1. The van der Waals surface area contributed by atoms with Crippen molar-refractivity contribution in [3.05, 3.63) is 28.8 Å². The molecule has 0 amide bonds. The highest BCUT2D eigenvalue weighted by Crippen LogP contribution is 2.29. The van der Waals surface area contributed by atoms with Crippen LogP contribution in [0.15, 0.2) is 12.1 Å². The number of aryl methyl sites for hydroxylation is 1. The zero-order valence-corrected chi connectivity index (χ0v) is 12.8. The fraction of sp³-hybridized carbons (Fsp3) is 0.533. The summed E-state index contributed by atoms with van der Waals surface area (Å²) in [5.74, 6) is 2.87. The number of nitrogens with zero attached hydrogens (tertiary/aromatic N) is 1. The predicted octanol–water partition coefficient (Wildman–Crippen LogP) is 2.54. The zero-order valence-electron chi connectivity index (χ0n) is 12.0. The van der Waals surface area contributed by atoms with Gasteiger partial charge in [0.25, 0.3) is 0 Å². The van der Waals surface area contributed by atoms with Crippen LogP contribution >= 0.6 is 11.8 Å². The molecular weight excluding hydrogens is 258 g/mol. The number of thioether (sulfide) groups is 1. The molecule has 3 nitrogen and oxygen atoms in total. The molecule has 0 spiro atoms. The van der Waals surface area contributed by atoms with Crippen LogP contribution in [0.3, 0.4) is 0 Å². The van der Waals surface area contributed by atoms with Crippen molar-refractivity contribution in [2.45, 2.75) is 19.9 Å². The van der Waals surface area contributed by atoms with E-state index in [4.69, 9.17) is 4.74 Å². The van der Waals surface area contributed by atoms with Crippen molar-refractivity contribution in [3.8, 4) is 5.75 Å². The lowest BCUT2D eigenvalue weighted by atomic mass is 9.98. The summed E-state index contributed by atoms with van der Waals surface area (Å²) in [6.07, 6.45) is 0. The third kappa shape index (κ3) is 2.79. The number of ketones is 1. The number of hydrogen-bond donors (Lipinski definition) is 0. The molecule has 4 heteroatoms. The molecule has 0 N–H and O–H groups in total. The van der Waals surface area contributed by atoms with Crippen LogP contribution in [0.4, 0.5) is 0 Å². The highest BCUT2D eigenvalue weighted by atomic mass is 32.2. The molecule has 2 rings (SSSR count). The van der Waals surface area contributed by atoms with Gasteiger partial charge in [0.1, 0.15) is 5.75 Å². The van der Waals surface area contributed by atoms with Gasteiger partial charge in [0.15, 0.2) is 5.78 Å². The Morgan fingerprint density at radius 1 is 1.42 bits per heavy atom. The van der Waals surface area contributed by atoms with Crippen LogP contribution in [-0.4, -0.2) is 48.9 Å². The first kappa shape index (κ1) is 14.4. The van der Waals surface area contributed by atoms with Gasteiger partial charge in [0, 0.05) is 18.1 Å². The van der Waals surface area contributed by atoms with E-state index in [-0.39, 0.29) is 11.8 Å². The van der Waals surface area contributed by atoms with Crippen LogP contribution in [-0.2, 0) is 0 Å². The summed E-state index contributed by atoms with van der Waals surface area (Å²) in [5.41, 5.74) is 2.92. The Kier molecular flexibility index (Phi) is 4.53. The maximum atomic E-state index is 12.7. The largest absolute Gasteiger partial charge is 0.496 e. The average Bonchev–Trinajstić information content (AvgIpc) is 2.41. The third-order valence-electron chi connectivity index (χ3n) is 3.85. The van der Waals surface area contributed by atoms with Gasteiger partial charge in [-0.1, -0.05) is 6.07 Å². The summed E-state index contributed by atoms with van der Waals surface area (Å²) in [6.45, 7) is 5.01. The van der Waals surface area contributed by atoms with E-state index in [0.717, 1.165) is 34.9 Å². The number of carbonyl (C=O) groups is 1. The van der Waals surface area contributed by atoms with E-state index in [1.54, 1.807) is 7.11 Å². The highest BCUT2D eigenvalue weighted by molar-refractivity contribution is 7.99. The number of rotatable bonds is 3. The molecule has 1 aliphatic rings. The van der Waals surface area contributed by atoms with Crippen molar-refractivity contribution < 1.29 is 9.53 Å². The average molecular weight is 279 g/mol. The molecule has 0 saturated carbocycles. The first-order valence-corrected chi connectivity index (χ1v) is 7.68. The summed E-state index contributed by atoms with van der Waals surface area (Å²) in [4.78, 5) is 14.9. The molecule has 0 bridgehead atoms. The smallest absolute Gasteiger partial charge is 0.184 e. The minimum absolute atomic E-state index is 0.0326. The second-order valence-electron chi connectivity index (χ2n) is 5.02. The Bertz CT molecular complexity index is 487. The molecule has 19 heavy (non-hydrogen) atoms. The molecule has 1 aliphatic heterocycles. The van der Waals surface area contributed by atoms with Gasteiger partial charge >= 0.3 is 0 Å². The molecule has 1 atom stereocenters. The lowest BCUT2D eigenvalue weighted by Gasteiger charge is -2.31. The fourth-order valence-electron chi connectivity index (χ4n) is 2.39. The Balaban J connectivity index is 2.35.